The highest BCUT2D eigenvalue weighted by Crippen LogP contribution is 2.32. The fraction of sp³-hybridized carbons (Fsp3) is 0.625. The van der Waals surface area contributed by atoms with E-state index in [1.54, 1.807) is 7.11 Å². The van der Waals surface area contributed by atoms with Gasteiger partial charge in [-0.05, 0) is 38.0 Å². The first kappa shape index (κ1) is 14.7. The monoisotopic (exact) mass is 279 g/mol. The molecule has 1 fully saturated rings. The molecule has 1 N–H and O–H groups in total. The molecule has 0 aromatic heterocycles. The molecule has 3 unspecified atom stereocenters. The normalized spacial score (nSPS) is 24.4. The summed E-state index contributed by atoms with van der Waals surface area (Å²) in [7, 11) is 1.75. The van der Waals surface area contributed by atoms with Gasteiger partial charge < -0.3 is 10.1 Å². The molecule has 1 aliphatic rings. The molecule has 0 bridgehead atoms. The summed E-state index contributed by atoms with van der Waals surface area (Å²) in [5.41, 5.74) is 1.29. The summed E-state index contributed by atoms with van der Waals surface area (Å²) < 4.78 is 5.49. The lowest BCUT2D eigenvalue weighted by Gasteiger charge is -2.24. The third-order valence-corrected chi connectivity index (χ3v) is 5.17. The molecule has 0 aliphatic heterocycles. The van der Waals surface area contributed by atoms with Crippen molar-refractivity contribution >= 4 is 11.8 Å². The van der Waals surface area contributed by atoms with Gasteiger partial charge in [-0.15, -0.1) is 0 Å². The molecule has 0 heterocycles. The van der Waals surface area contributed by atoms with Gasteiger partial charge in [0.05, 0.1) is 7.11 Å². The van der Waals surface area contributed by atoms with Gasteiger partial charge in [0, 0.05) is 22.9 Å². The minimum absolute atomic E-state index is 0.404. The molecule has 1 aromatic carbocycles. The quantitative estimate of drug-likeness (QED) is 0.850. The van der Waals surface area contributed by atoms with Gasteiger partial charge in [0.25, 0.3) is 0 Å². The van der Waals surface area contributed by atoms with E-state index in [-0.39, 0.29) is 0 Å². The van der Waals surface area contributed by atoms with Crippen LogP contribution < -0.4 is 10.1 Å². The predicted octanol–water partition coefficient (Wildman–Crippen LogP) is 4.02. The van der Waals surface area contributed by atoms with Crippen molar-refractivity contribution in [3.63, 3.8) is 0 Å². The molecule has 0 radical (unpaired) electrons. The second kappa shape index (κ2) is 7.20. The standard InChI is InChI=1S/C16H25NOS/c1-4-15(14-7-5-6-8-16(14)18-2)17-12-9-10-13(11-12)19-3/h5-8,12-13,15,17H,4,9-11H2,1-3H3. The van der Waals surface area contributed by atoms with E-state index >= 15 is 0 Å². The zero-order valence-electron chi connectivity index (χ0n) is 12.2. The van der Waals surface area contributed by atoms with Crippen LogP contribution in [0.25, 0.3) is 0 Å². The van der Waals surface area contributed by atoms with Gasteiger partial charge in [-0.1, -0.05) is 25.1 Å². The molecule has 1 saturated carbocycles. The second-order valence-corrected chi connectivity index (χ2v) is 6.38. The Morgan fingerprint density at radius 2 is 2.16 bits per heavy atom. The van der Waals surface area contributed by atoms with Gasteiger partial charge in [-0.3, -0.25) is 0 Å². The molecule has 0 amide bonds. The molecular formula is C16H25NOS. The molecule has 106 valence electrons. The maximum atomic E-state index is 5.49. The number of hydrogen-bond acceptors (Lipinski definition) is 3. The third kappa shape index (κ3) is 3.67. The highest BCUT2D eigenvalue weighted by Gasteiger charge is 2.26. The largest absolute Gasteiger partial charge is 0.496 e. The first-order chi connectivity index (χ1) is 9.28. The van der Waals surface area contributed by atoms with Gasteiger partial charge in [0.2, 0.25) is 0 Å². The Bertz CT molecular complexity index is 396. The minimum Gasteiger partial charge on any atom is -0.496 e. The summed E-state index contributed by atoms with van der Waals surface area (Å²) in [6.07, 6.45) is 7.27. The summed E-state index contributed by atoms with van der Waals surface area (Å²) in [5, 5.41) is 4.67. The van der Waals surface area contributed by atoms with Gasteiger partial charge in [0.1, 0.15) is 5.75 Å². The Morgan fingerprint density at radius 1 is 1.37 bits per heavy atom. The lowest BCUT2D eigenvalue weighted by molar-refractivity contribution is 0.383. The van der Waals surface area contributed by atoms with Crippen LogP contribution in [-0.4, -0.2) is 24.7 Å². The second-order valence-electron chi connectivity index (χ2n) is 5.24. The molecule has 0 spiro atoms. The van der Waals surface area contributed by atoms with Crippen molar-refractivity contribution in [1.82, 2.24) is 5.32 Å². The van der Waals surface area contributed by atoms with E-state index in [4.69, 9.17) is 4.74 Å². The number of nitrogens with one attached hydrogen (secondary N) is 1. The van der Waals surface area contributed by atoms with E-state index in [0.717, 1.165) is 17.4 Å². The molecule has 3 heteroatoms. The van der Waals surface area contributed by atoms with Gasteiger partial charge >= 0.3 is 0 Å². The minimum atomic E-state index is 0.404. The Labute approximate surface area is 121 Å². The predicted molar refractivity (Wildman–Crippen MR) is 84.1 cm³/mol. The molecule has 1 aromatic rings. The Balaban J connectivity index is 2.04. The van der Waals surface area contributed by atoms with Crippen molar-refractivity contribution in [2.24, 2.45) is 0 Å². The van der Waals surface area contributed by atoms with E-state index in [9.17, 15) is 0 Å². The van der Waals surface area contributed by atoms with E-state index in [2.05, 4.69) is 36.7 Å². The average Bonchev–Trinajstić information content (AvgIpc) is 2.92. The zero-order chi connectivity index (χ0) is 13.7. The first-order valence-electron chi connectivity index (χ1n) is 7.20. The third-order valence-electron chi connectivity index (χ3n) is 4.08. The van der Waals surface area contributed by atoms with Crippen LogP contribution in [0, 0.1) is 0 Å². The Morgan fingerprint density at radius 3 is 2.79 bits per heavy atom. The molecule has 0 saturated heterocycles. The fourth-order valence-electron chi connectivity index (χ4n) is 2.97. The highest BCUT2D eigenvalue weighted by molar-refractivity contribution is 7.99. The highest BCUT2D eigenvalue weighted by atomic mass is 32.2. The Kier molecular flexibility index (Phi) is 5.59. The summed E-state index contributed by atoms with van der Waals surface area (Å²) in [6, 6.07) is 9.43. The van der Waals surface area contributed by atoms with Crippen LogP contribution in [0.5, 0.6) is 5.75 Å². The zero-order valence-corrected chi connectivity index (χ0v) is 13.0. The van der Waals surface area contributed by atoms with Gasteiger partial charge in [-0.2, -0.15) is 11.8 Å². The fourth-order valence-corrected chi connectivity index (χ4v) is 3.77. The number of thioether (sulfide) groups is 1. The number of hydrogen-bond donors (Lipinski definition) is 1. The number of methoxy groups -OCH3 is 1. The van der Waals surface area contributed by atoms with Gasteiger partial charge in [-0.25, -0.2) is 0 Å². The number of rotatable bonds is 6. The van der Waals surface area contributed by atoms with Crippen molar-refractivity contribution in [1.29, 1.82) is 0 Å². The van der Waals surface area contributed by atoms with Crippen LogP contribution in [0.3, 0.4) is 0 Å². The van der Waals surface area contributed by atoms with E-state index < -0.39 is 0 Å². The number of benzene rings is 1. The van der Waals surface area contributed by atoms with Crippen molar-refractivity contribution in [3.8, 4) is 5.75 Å². The smallest absolute Gasteiger partial charge is 0.123 e. The Hall–Kier alpha value is -0.670. The number of para-hydroxylation sites is 1. The van der Waals surface area contributed by atoms with Crippen molar-refractivity contribution in [2.45, 2.75) is 49.9 Å². The summed E-state index contributed by atoms with van der Waals surface area (Å²) >= 11 is 2.01. The summed E-state index contributed by atoms with van der Waals surface area (Å²) in [6.45, 7) is 2.24. The molecule has 2 nitrogen and oxygen atoms in total. The van der Waals surface area contributed by atoms with Crippen molar-refractivity contribution in [2.75, 3.05) is 13.4 Å². The number of ether oxygens (including phenoxy) is 1. The van der Waals surface area contributed by atoms with Crippen LogP contribution >= 0.6 is 11.8 Å². The van der Waals surface area contributed by atoms with Crippen LogP contribution in [0.4, 0.5) is 0 Å². The molecule has 3 atom stereocenters. The van der Waals surface area contributed by atoms with Crippen molar-refractivity contribution < 1.29 is 4.74 Å². The van der Waals surface area contributed by atoms with Crippen molar-refractivity contribution in [3.05, 3.63) is 29.8 Å². The lowest BCUT2D eigenvalue weighted by atomic mass is 10.0. The van der Waals surface area contributed by atoms with Crippen LogP contribution in [0.15, 0.2) is 24.3 Å². The average molecular weight is 279 g/mol. The summed E-state index contributed by atoms with van der Waals surface area (Å²) in [5.74, 6) is 1.00. The molecular weight excluding hydrogens is 254 g/mol. The molecule has 1 aliphatic carbocycles. The molecule has 19 heavy (non-hydrogen) atoms. The lowest BCUT2D eigenvalue weighted by Crippen LogP contribution is -2.31. The maximum absolute atomic E-state index is 5.49. The van der Waals surface area contributed by atoms with E-state index in [1.165, 1.54) is 24.8 Å². The SMILES string of the molecule is CCC(NC1CCC(SC)C1)c1ccccc1OC. The molecule has 2 rings (SSSR count). The van der Waals surface area contributed by atoms with E-state index in [1.807, 2.05) is 17.8 Å². The summed E-state index contributed by atoms with van der Waals surface area (Å²) in [4.78, 5) is 0. The topological polar surface area (TPSA) is 21.3 Å². The first-order valence-corrected chi connectivity index (χ1v) is 8.49. The van der Waals surface area contributed by atoms with Crippen LogP contribution in [0.2, 0.25) is 0 Å². The van der Waals surface area contributed by atoms with Crippen LogP contribution in [-0.2, 0) is 0 Å². The van der Waals surface area contributed by atoms with Gasteiger partial charge in [0.15, 0.2) is 0 Å². The maximum Gasteiger partial charge on any atom is 0.123 e. The van der Waals surface area contributed by atoms with E-state index in [0.29, 0.717) is 12.1 Å². The van der Waals surface area contributed by atoms with Crippen LogP contribution in [0.1, 0.15) is 44.2 Å².